The van der Waals surface area contributed by atoms with Gasteiger partial charge in [-0.2, -0.15) is 0 Å². The number of urea groups is 1. The zero-order valence-electron chi connectivity index (χ0n) is 13.2. The van der Waals surface area contributed by atoms with Gasteiger partial charge in [0.05, 0.1) is 6.26 Å². The fourth-order valence-electron chi connectivity index (χ4n) is 2.87. The average molecular weight is 325 g/mol. The lowest BCUT2D eigenvalue weighted by molar-refractivity contribution is 0.156. The normalized spacial score (nSPS) is 22.2. The highest BCUT2D eigenvalue weighted by Gasteiger charge is 2.25. The maximum absolute atomic E-state index is 12.3. The zero-order chi connectivity index (χ0) is 16.3. The van der Waals surface area contributed by atoms with E-state index in [1.165, 1.54) is 0 Å². The summed E-state index contributed by atoms with van der Waals surface area (Å²) in [7, 11) is -3.29. The zero-order valence-corrected chi connectivity index (χ0v) is 14.0. The van der Waals surface area contributed by atoms with E-state index in [0.29, 0.717) is 23.2 Å². The molecule has 2 rings (SSSR count). The van der Waals surface area contributed by atoms with Crippen LogP contribution in [0.5, 0.6) is 0 Å². The summed E-state index contributed by atoms with van der Waals surface area (Å²) in [5.74, 6) is 1.02. The minimum Gasteiger partial charge on any atom is -0.324 e. The van der Waals surface area contributed by atoms with Crippen LogP contribution in [-0.2, 0) is 10.0 Å². The van der Waals surface area contributed by atoms with Crippen molar-refractivity contribution in [1.82, 2.24) is 4.90 Å². The van der Waals surface area contributed by atoms with Gasteiger partial charge in [0.25, 0.3) is 0 Å². The number of rotatable bonds is 3. The van der Waals surface area contributed by atoms with Crippen molar-refractivity contribution in [1.29, 1.82) is 0 Å². The number of nitrogens with one attached hydrogen (secondary N) is 2. The summed E-state index contributed by atoms with van der Waals surface area (Å²) in [6.07, 6.45) is 2.25. The van der Waals surface area contributed by atoms with E-state index >= 15 is 0 Å². The Labute approximate surface area is 131 Å². The van der Waals surface area contributed by atoms with Gasteiger partial charge in [-0.25, -0.2) is 13.2 Å². The first kappa shape index (κ1) is 16.6. The van der Waals surface area contributed by atoms with Crippen molar-refractivity contribution in [3.8, 4) is 0 Å². The molecule has 122 valence electrons. The molecule has 7 heteroatoms. The first-order valence-corrected chi connectivity index (χ1v) is 9.26. The van der Waals surface area contributed by atoms with Gasteiger partial charge >= 0.3 is 6.03 Å². The molecule has 22 heavy (non-hydrogen) atoms. The second kappa shape index (κ2) is 6.56. The first-order chi connectivity index (χ1) is 10.2. The Balaban J connectivity index is 1.97. The van der Waals surface area contributed by atoms with Gasteiger partial charge in [-0.1, -0.05) is 13.8 Å². The highest BCUT2D eigenvalue weighted by Crippen LogP contribution is 2.22. The van der Waals surface area contributed by atoms with Crippen molar-refractivity contribution in [3.05, 3.63) is 24.3 Å². The Hall–Kier alpha value is -1.76. The molecule has 2 amide bonds. The summed E-state index contributed by atoms with van der Waals surface area (Å²) in [5.41, 5.74) is 1.12. The molecule has 6 nitrogen and oxygen atoms in total. The molecule has 2 N–H and O–H groups in total. The van der Waals surface area contributed by atoms with Crippen LogP contribution >= 0.6 is 0 Å². The molecule has 1 aromatic carbocycles. The number of hydrogen-bond donors (Lipinski definition) is 2. The molecule has 1 aliphatic heterocycles. The van der Waals surface area contributed by atoms with Gasteiger partial charge in [0, 0.05) is 24.5 Å². The standard InChI is InChI=1S/C15H23N3O3S/c1-11-8-12(2)10-18(9-11)15(19)16-13-4-6-14(7-5-13)17-22(3,20)21/h4-7,11-12,17H,8-10H2,1-3H3,(H,16,19). The van der Waals surface area contributed by atoms with Crippen LogP contribution < -0.4 is 10.0 Å². The van der Waals surface area contributed by atoms with Gasteiger partial charge in [0.15, 0.2) is 0 Å². The van der Waals surface area contributed by atoms with Crippen molar-refractivity contribution < 1.29 is 13.2 Å². The van der Waals surface area contributed by atoms with E-state index in [0.717, 1.165) is 25.8 Å². The molecular weight excluding hydrogens is 302 g/mol. The number of benzene rings is 1. The van der Waals surface area contributed by atoms with Gasteiger partial charge in [-0.3, -0.25) is 4.72 Å². The van der Waals surface area contributed by atoms with Crippen LogP contribution in [0.3, 0.4) is 0 Å². The quantitative estimate of drug-likeness (QED) is 0.896. The minimum atomic E-state index is -3.29. The molecule has 1 aliphatic rings. The van der Waals surface area contributed by atoms with E-state index in [1.54, 1.807) is 24.3 Å². The summed E-state index contributed by atoms with van der Waals surface area (Å²) in [6.45, 7) is 5.84. The molecule has 0 saturated carbocycles. The van der Waals surface area contributed by atoms with E-state index in [4.69, 9.17) is 0 Å². The predicted molar refractivity (Wildman–Crippen MR) is 88.4 cm³/mol. The lowest BCUT2D eigenvalue weighted by Gasteiger charge is -2.34. The molecule has 2 unspecified atom stereocenters. The predicted octanol–water partition coefficient (Wildman–Crippen LogP) is 2.57. The second-order valence-electron chi connectivity index (χ2n) is 6.23. The summed E-state index contributed by atoms with van der Waals surface area (Å²) in [6, 6.07) is 6.50. The molecule has 1 saturated heterocycles. The molecule has 2 atom stereocenters. The van der Waals surface area contributed by atoms with Crippen LogP contribution in [0.1, 0.15) is 20.3 Å². The van der Waals surface area contributed by atoms with Gasteiger partial charge in [0.2, 0.25) is 10.0 Å². The summed E-state index contributed by atoms with van der Waals surface area (Å²) < 4.78 is 24.7. The van der Waals surface area contributed by atoms with Gasteiger partial charge < -0.3 is 10.2 Å². The largest absolute Gasteiger partial charge is 0.324 e. The molecule has 0 aliphatic carbocycles. The van der Waals surface area contributed by atoms with Crippen LogP contribution in [0.25, 0.3) is 0 Å². The summed E-state index contributed by atoms with van der Waals surface area (Å²) in [4.78, 5) is 14.1. The van der Waals surface area contributed by atoms with Gasteiger partial charge in [-0.15, -0.1) is 0 Å². The Kier molecular flexibility index (Phi) is 4.95. The maximum Gasteiger partial charge on any atom is 0.321 e. The van der Waals surface area contributed by atoms with E-state index in [1.807, 2.05) is 4.90 Å². The SMILES string of the molecule is CC1CC(C)CN(C(=O)Nc2ccc(NS(C)(=O)=O)cc2)C1. The highest BCUT2D eigenvalue weighted by atomic mass is 32.2. The smallest absolute Gasteiger partial charge is 0.321 e. The Morgan fingerprint density at radius 1 is 1.09 bits per heavy atom. The summed E-state index contributed by atoms with van der Waals surface area (Å²) in [5, 5.41) is 2.85. The average Bonchev–Trinajstić information content (AvgIpc) is 2.38. The molecule has 1 aromatic rings. The summed E-state index contributed by atoms with van der Waals surface area (Å²) >= 11 is 0. The number of anilines is 2. The van der Waals surface area contributed by atoms with Crippen molar-refractivity contribution in [2.45, 2.75) is 20.3 Å². The van der Waals surface area contributed by atoms with E-state index in [-0.39, 0.29) is 6.03 Å². The molecule has 1 fully saturated rings. The van der Waals surface area contributed by atoms with E-state index in [9.17, 15) is 13.2 Å². The number of nitrogens with zero attached hydrogens (tertiary/aromatic N) is 1. The van der Waals surface area contributed by atoms with Crippen LogP contribution in [0.15, 0.2) is 24.3 Å². The lowest BCUT2D eigenvalue weighted by Crippen LogP contribution is -2.44. The van der Waals surface area contributed by atoms with Crippen LogP contribution in [0, 0.1) is 11.8 Å². The van der Waals surface area contributed by atoms with Crippen molar-refractivity contribution in [3.63, 3.8) is 0 Å². The van der Waals surface area contributed by atoms with Crippen molar-refractivity contribution in [2.24, 2.45) is 11.8 Å². The fourth-order valence-corrected chi connectivity index (χ4v) is 3.43. The fraction of sp³-hybridized carbons (Fsp3) is 0.533. The molecular formula is C15H23N3O3S. The Morgan fingerprint density at radius 2 is 1.59 bits per heavy atom. The van der Waals surface area contributed by atoms with Gasteiger partial charge in [0.1, 0.15) is 0 Å². The van der Waals surface area contributed by atoms with Crippen molar-refractivity contribution >= 4 is 27.4 Å². The number of hydrogen-bond acceptors (Lipinski definition) is 3. The molecule has 0 spiro atoms. The molecule has 0 bridgehead atoms. The number of sulfonamides is 1. The maximum atomic E-state index is 12.3. The third kappa shape index (κ3) is 4.91. The van der Waals surface area contributed by atoms with E-state index in [2.05, 4.69) is 23.9 Å². The molecule has 1 heterocycles. The number of carbonyl (C=O) groups is 1. The van der Waals surface area contributed by atoms with Crippen LogP contribution in [0.2, 0.25) is 0 Å². The molecule has 0 aromatic heterocycles. The van der Waals surface area contributed by atoms with Crippen LogP contribution in [0.4, 0.5) is 16.2 Å². The minimum absolute atomic E-state index is 0.109. The van der Waals surface area contributed by atoms with Crippen LogP contribution in [-0.4, -0.2) is 38.7 Å². The first-order valence-electron chi connectivity index (χ1n) is 7.36. The monoisotopic (exact) mass is 325 g/mol. The Bertz CT molecular complexity index is 618. The Morgan fingerprint density at radius 3 is 2.09 bits per heavy atom. The number of amides is 2. The number of likely N-dealkylation sites (tertiary alicyclic amines) is 1. The third-order valence-electron chi connectivity index (χ3n) is 3.60. The van der Waals surface area contributed by atoms with E-state index < -0.39 is 10.0 Å². The topological polar surface area (TPSA) is 78.5 Å². The number of piperidine rings is 1. The highest BCUT2D eigenvalue weighted by molar-refractivity contribution is 7.92. The molecule has 0 radical (unpaired) electrons. The lowest BCUT2D eigenvalue weighted by atomic mass is 9.92. The van der Waals surface area contributed by atoms with Gasteiger partial charge in [-0.05, 0) is 42.5 Å². The second-order valence-corrected chi connectivity index (χ2v) is 7.98. The third-order valence-corrected chi connectivity index (χ3v) is 4.20. The number of carbonyl (C=O) groups excluding carboxylic acids is 1. The van der Waals surface area contributed by atoms with Crippen molar-refractivity contribution in [2.75, 3.05) is 29.4 Å².